The molecule has 0 aromatic carbocycles. The minimum Gasteiger partial charge on any atom is -0.372 e. The Kier molecular flexibility index (Phi) is 5.89. The summed E-state index contributed by atoms with van der Waals surface area (Å²) in [4.78, 5) is 15.7. The Labute approximate surface area is 144 Å². The molecule has 1 aromatic heterocycles. The summed E-state index contributed by atoms with van der Waals surface area (Å²) < 4.78 is 7.72. The molecule has 0 spiro atoms. The summed E-state index contributed by atoms with van der Waals surface area (Å²) in [6.45, 7) is 4.02. The van der Waals surface area contributed by atoms with Gasteiger partial charge in [0.1, 0.15) is 6.61 Å². The Morgan fingerprint density at radius 3 is 2.92 bits per heavy atom. The molecule has 1 aliphatic heterocycles. The van der Waals surface area contributed by atoms with Gasteiger partial charge in [-0.05, 0) is 31.2 Å². The van der Waals surface area contributed by atoms with Crippen LogP contribution >= 0.6 is 0 Å². The van der Waals surface area contributed by atoms with Crippen molar-refractivity contribution in [3.63, 3.8) is 0 Å². The van der Waals surface area contributed by atoms with Crippen LogP contribution in [0.2, 0.25) is 0 Å². The summed E-state index contributed by atoms with van der Waals surface area (Å²) >= 11 is 0. The number of nitrogens with zero attached hydrogens (tertiary/aromatic N) is 4. The summed E-state index contributed by atoms with van der Waals surface area (Å²) in [7, 11) is 3.51. The fourth-order valence-corrected chi connectivity index (χ4v) is 3.88. The Morgan fingerprint density at radius 1 is 1.38 bits per heavy atom. The van der Waals surface area contributed by atoms with E-state index in [0.29, 0.717) is 12.6 Å². The molecular formula is C18H30N4O2. The van der Waals surface area contributed by atoms with Crippen LogP contribution in [-0.4, -0.2) is 65.9 Å². The summed E-state index contributed by atoms with van der Waals surface area (Å²) in [5.41, 5.74) is 1.30. The van der Waals surface area contributed by atoms with E-state index in [1.807, 2.05) is 6.20 Å². The van der Waals surface area contributed by atoms with Crippen LogP contribution in [0.1, 0.15) is 43.8 Å². The molecular weight excluding hydrogens is 304 g/mol. The van der Waals surface area contributed by atoms with Gasteiger partial charge in [-0.25, -0.2) is 0 Å². The van der Waals surface area contributed by atoms with Crippen LogP contribution in [0, 0.1) is 5.92 Å². The first kappa shape index (κ1) is 17.4. The third-order valence-electron chi connectivity index (χ3n) is 5.26. The van der Waals surface area contributed by atoms with Gasteiger partial charge in [0.2, 0.25) is 5.91 Å². The highest BCUT2D eigenvalue weighted by Crippen LogP contribution is 2.29. The lowest BCUT2D eigenvalue weighted by Crippen LogP contribution is -2.40. The summed E-state index contributed by atoms with van der Waals surface area (Å²) in [5.74, 6) is 0.885. The highest BCUT2D eigenvalue weighted by atomic mass is 16.5. The van der Waals surface area contributed by atoms with E-state index in [2.05, 4.69) is 20.7 Å². The lowest BCUT2D eigenvalue weighted by atomic mass is 10.1. The summed E-state index contributed by atoms with van der Waals surface area (Å²) in [6.07, 6.45) is 8.36. The number of carbonyl (C=O) groups is 1. The molecule has 1 saturated carbocycles. The average Bonchev–Trinajstić information content (AvgIpc) is 3.22. The normalized spacial score (nSPS) is 21.8. The average molecular weight is 334 g/mol. The molecule has 2 aliphatic rings. The van der Waals surface area contributed by atoms with Crippen molar-refractivity contribution in [3.05, 3.63) is 18.0 Å². The molecule has 1 amide bonds. The number of amides is 1. The van der Waals surface area contributed by atoms with Crippen molar-refractivity contribution in [2.45, 2.75) is 44.7 Å². The fraction of sp³-hybridized carbons (Fsp3) is 0.778. The molecule has 3 rings (SSSR count). The van der Waals surface area contributed by atoms with Gasteiger partial charge in [-0.3, -0.25) is 14.4 Å². The van der Waals surface area contributed by atoms with Gasteiger partial charge in [0, 0.05) is 46.5 Å². The van der Waals surface area contributed by atoms with Gasteiger partial charge in [0.05, 0.1) is 11.7 Å². The van der Waals surface area contributed by atoms with Crippen molar-refractivity contribution in [2.24, 2.45) is 5.92 Å². The predicted octanol–water partition coefficient (Wildman–Crippen LogP) is 1.92. The first-order valence-corrected chi connectivity index (χ1v) is 9.16. The zero-order valence-corrected chi connectivity index (χ0v) is 15.0. The monoisotopic (exact) mass is 334 g/mol. The largest absolute Gasteiger partial charge is 0.372 e. The molecule has 0 radical (unpaired) electrons. The maximum atomic E-state index is 11.6. The smallest absolute Gasteiger partial charge is 0.248 e. The molecule has 0 N–H and O–H groups in total. The van der Waals surface area contributed by atoms with Crippen molar-refractivity contribution in [1.82, 2.24) is 19.6 Å². The van der Waals surface area contributed by atoms with Gasteiger partial charge in [-0.1, -0.05) is 12.8 Å². The lowest BCUT2D eigenvalue weighted by molar-refractivity contribution is -0.133. The van der Waals surface area contributed by atoms with E-state index in [1.165, 1.54) is 37.9 Å². The quantitative estimate of drug-likeness (QED) is 0.715. The molecule has 134 valence electrons. The van der Waals surface area contributed by atoms with Gasteiger partial charge in [-0.2, -0.15) is 5.10 Å². The molecule has 2 heterocycles. The lowest BCUT2D eigenvalue weighted by Gasteiger charge is -2.35. The van der Waals surface area contributed by atoms with Crippen LogP contribution in [-0.2, 0) is 16.1 Å². The molecule has 24 heavy (non-hydrogen) atoms. The number of ether oxygens (including phenoxy) is 1. The van der Waals surface area contributed by atoms with Gasteiger partial charge in [0.15, 0.2) is 0 Å². The predicted molar refractivity (Wildman–Crippen MR) is 92.6 cm³/mol. The third-order valence-corrected chi connectivity index (χ3v) is 5.26. The van der Waals surface area contributed by atoms with E-state index < -0.39 is 0 Å². The van der Waals surface area contributed by atoms with E-state index in [9.17, 15) is 4.79 Å². The number of hydrogen-bond donors (Lipinski definition) is 0. The Morgan fingerprint density at radius 2 is 2.17 bits per heavy atom. The zero-order valence-electron chi connectivity index (χ0n) is 15.0. The second kappa shape index (κ2) is 8.12. The molecule has 6 nitrogen and oxygen atoms in total. The number of carbonyl (C=O) groups excluding carboxylic acids is 1. The molecule has 1 aliphatic carbocycles. The molecule has 0 bridgehead atoms. The SMILES string of the molecule is CN(C)C(=O)COCCC1CN(CC2CCCC2)Cc2ccnn21. The van der Waals surface area contributed by atoms with Crippen LogP contribution in [0.25, 0.3) is 0 Å². The maximum absolute atomic E-state index is 11.6. The molecule has 6 heteroatoms. The molecule has 1 unspecified atom stereocenters. The van der Waals surface area contributed by atoms with Crippen LogP contribution in [0.5, 0.6) is 0 Å². The highest BCUT2D eigenvalue weighted by molar-refractivity contribution is 5.76. The maximum Gasteiger partial charge on any atom is 0.248 e. The van der Waals surface area contributed by atoms with E-state index in [0.717, 1.165) is 25.4 Å². The van der Waals surface area contributed by atoms with Crippen molar-refractivity contribution in [2.75, 3.05) is 40.4 Å². The zero-order chi connectivity index (χ0) is 16.9. The number of likely N-dealkylation sites (N-methyl/N-ethyl adjacent to an activating group) is 1. The second-order valence-corrected chi connectivity index (χ2v) is 7.39. The third kappa shape index (κ3) is 4.36. The minimum atomic E-state index is 0.0151. The number of rotatable bonds is 7. The van der Waals surface area contributed by atoms with E-state index in [1.54, 1.807) is 19.0 Å². The standard InChI is InChI=1S/C18H30N4O2/c1-20(2)18(23)14-24-10-8-17-13-21(11-15-5-3-4-6-15)12-16-7-9-19-22(16)17/h7,9,15,17H,3-6,8,10-14H2,1-2H3. The Hall–Kier alpha value is -1.40. The summed E-state index contributed by atoms with van der Waals surface area (Å²) in [5, 5.41) is 4.51. The van der Waals surface area contributed by atoms with Crippen LogP contribution < -0.4 is 0 Å². The van der Waals surface area contributed by atoms with E-state index in [-0.39, 0.29) is 12.5 Å². The molecule has 1 aromatic rings. The van der Waals surface area contributed by atoms with Gasteiger partial charge in [-0.15, -0.1) is 0 Å². The van der Waals surface area contributed by atoms with Gasteiger partial charge < -0.3 is 9.64 Å². The number of hydrogen-bond acceptors (Lipinski definition) is 4. The first-order valence-electron chi connectivity index (χ1n) is 9.16. The Bertz CT molecular complexity index is 537. The van der Waals surface area contributed by atoms with Crippen LogP contribution in [0.4, 0.5) is 0 Å². The van der Waals surface area contributed by atoms with Crippen LogP contribution in [0.15, 0.2) is 12.3 Å². The van der Waals surface area contributed by atoms with Crippen molar-refractivity contribution < 1.29 is 9.53 Å². The van der Waals surface area contributed by atoms with Crippen molar-refractivity contribution in [3.8, 4) is 0 Å². The summed E-state index contributed by atoms with van der Waals surface area (Å²) in [6, 6.07) is 2.48. The van der Waals surface area contributed by atoms with Gasteiger partial charge >= 0.3 is 0 Å². The van der Waals surface area contributed by atoms with E-state index >= 15 is 0 Å². The molecule has 0 saturated heterocycles. The second-order valence-electron chi connectivity index (χ2n) is 7.39. The van der Waals surface area contributed by atoms with Crippen LogP contribution in [0.3, 0.4) is 0 Å². The van der Waals surface area contributed by atoms with E-state index in [4.69, 9.17) is 4.74 Å². The molecule has 1 fully saturated rings. The number of aromatic nitrogens is 2. The fourth-order valence-electron chi connectivity index (χ4n) is 3.88. The van der Waals surface area contributed by atoms with Crippen molar-refractivity contribution >= 4 is 5.91 Å². The van der Waals surface area contributed by atoms with Gasteiger partial charge in [0.25, 0.3) is 0 Å². The highest BCUT2D eigenvalue weighted by Gasteiger charge is 2.27. The van der Waals surface area contributed by atoms with Crippen molar-refractivity contribution in [1.29, 1.82) is 0 Å². The minimum absolute atomic E-state index is 0.0151. The first-order chi connectivity index (χ1) is 11.6. The Balaban J connectivity index is 1.51. The number of fused-ring (bicyclic) bond motifs is 1. The topological polar surface area (TPSA) is 50.6 Å². The molecule has 1 atom stereocenters.